The van der Waals surface area contributed by atoms with Gasteiger partial charge in [0.15, 0.2) is 0 Å². The monoisotopic (exact) mass is 242 g/mol. The average Bonchev–Trinajstić information content (AvgIpc) is 2.38. The summed E-state index contributed by atoms with van der Waals surface area (Å²) in [5.41, 5.74) is 0.912. The molecular weight excluding hydrogens is 232 g/mol. The van der Waals surface area contributed by atoms with E-state index in [2.05, 4.69) is 6.07 Å². The molecule has 0 aliphatic carbocycles. The van der Waals surface area contributed by atoms with Gasteiger partial charge in [0.25, 0.3) is 0 Å². The number of hydrogen-bond acceptors (Lipinski definition) is 1. The van der Waals surface area contributed by atoms with Crippen molar-refractivity contribution in [2.75, 3.05) is 0 Å². The average molecular weight is 243 g/mol. The molecule has 84 valence electrons. The highest BCUT2D eigenvalue weighted by Crippen LogP contribution is 2.33. The Morgan fingerprint density at radius 3 is 2.47 bits per heavy atom. The highest BCUT2D eigenvalue weighted by molar-refractivity contribution is 6.40. The Morgan fingerprint density at radius 2 is 1.65 bits per heavy atom. The molecule has 0 aliphatic heterocycles. The van der Waals surface area contributed by atoms with Crippen LogP contribution >= 0.6 is 11.6 Å². The number of fused-ring (bicyclic) bond motifs is 2. The summed E-state index contributed by atoms with van der Waals surface area (Å²) in [7, 11) is 0. The van der Waals surface area contributed by atoms with Gasteiger partial charge >= 0.3 is 0 Å². The van der Waals surface area contributed by atoms with Gasteiger partial charge in [-0.25, -0.2) is 0 Å². The molecule has 0 bridgehead atoms. The summed E-state index contributed by atoms with van der Waals surface area (Å²) in [5, 5.41) is 14.3. The molecule has 3 rings (SSSR count). The predicted octanol–water partition coefficient (Wildman–Crippen LogP) is 4.14. The second-order valence-electron chi connectivity index (χ2n) is 4.08. The van der Waals surface area contributed by atoms with Gasteiger partial charge in [-0.1, -0.05) is 54.1 Å². The van der Waals surface area contributed by atoms with Crippen LogP contribution in [0, 0.1) is 0 Å². The Hall–Kier alpha value is -1.57. The summed E-state index contributed by atoms with van der Waals surface area (Å²) in [6.45, 7) is 0.0337. The van der Waals surface area contributed by atoms with Crippen LogP contribution in [0.3, 0.4) is 0 Å². The first-order valence-corrected chi connectivity index (χ1v) is 5.89. The number of hydrogen-bond donors (Lipinski definition) is 1. The SMILES string of the molecule is OCc1cccc2c(Cl)c3ccccc3cc12. The number of benzene rings is 3. The molecule has 0 radical (unpaired) electrons. The lowest BCUT2D eigenvalue weighted by molar-refractivity contribution is 0.283. The highest BCUT2D eigenvalue weighted by Gasteiger charge is 2.07. The molecule has 0 amide bonds. The molecule has 0 aromatic heterocycles. The Balaban J connectivity index is 2.54. The minimum absolute atomic E-state index is 0.0337. The third-order valence-corrected chi connectivity index (χ3v) is 3.51. The third kappa shape index (κ3) is 1.59. The minimum Gasteiger partial charge on any atom is -0.392 e. The van der Waals surface area contributed by atoms with E-state index in [1.165, 1.54) is 0 Å². The lowest BCUT2D eigenvalue weighted by Gasteiger charge is -2.08. The smallest absolute Gasteiger partial charge is 0.0687 e. The Labute approximate surface area is 104 Å². The molecule has 0 saturated heterocycles. The topological polar surface area (TPSA) is 20.2 Å². The van der Waals surface area contributed by atoms with Gasteiger partial charge in [-0.05, 0) is 22.4 Å². The maximum atomic E-state index is 9.36. The van der Waals surface area contributed by atoms with Gasteiger partial charge in [0, 0.05) is 10.8 Å². The van der Waals surface area contributed by atoms with Crippen LogP contribution in [0.25, 0.3) is 21.5 Å². The number of halogens is 1. The maximum absolute atomic E-state index is 9.36. The number of rotatable bonds is 1. The molecule has 0 unspecified atom stereocenters. The second-order valence-corrected chi connectivity index (χ2v) is 4.46. The third-order valence-electron chi connectivity index (χ3n) is 3.10. The van der Waals surface area contributed by atoms with Crippen LogP contribution in [-0.2, 0) is 6.61 Å². The first kappa shape index (κ1) is 10.6. The Bertz CT molecular complexity index is 704. The Kier molecular flexibility index (Phi) is 2.50. The molecule has 3 aromatic rings. The predicted molar refractivity (Wildman–Crippen MR) is 72.4 cm³/mol. The van der Waals surface area contributed by atoms with Crippen molar-refractivity contribution in [3.63, 3.8) is 0 Å². The normalized spacial score (nSPS) is 11.2. The highest BCUT2D eigenvalue weighted by atomic mass is 35.5. The molecule has 0 heterocycles. The lowest BCUT2D eigenvalue weighted by atomic mass is 10.00. The summed E-state index contributed by atoms with van der Waals surface area (Å²) in [5.74, 6) is 0. The van der Waals surface area contributed by atoms with E-state index in [-0.39, 0.29) is 6.61 Å². The molecule has 0 atom stereocenters. The summed E-state index contributed by atoms with van der Waals surface area (Å²) >= 11 is 6.42. The van der Waals surface area contributed by atoms with Crippen molar-refractivity contribution in [1.29, 1.82) is 0 Å². The first-order chi connectivity index (χ1) is 8.31. The van der Waals surface area contributed by atoms with Gasteiger partial charge in [-0.15, -0.1) is 0 Å². The van der Waals surface area contributed by atoms with Crippen LogP contribution in [0.15, 0.2) is 48.5 Å². The van der Waals surface area contributed by atoms with Crippen molar-refractivity contribution in [3.05, 3.63) is 59.1 Å². The van der Waals surface area contributed by atoms with E-state index in [9.17, 15) is 5.11 Å². The zero-order valence-corrected chi connectivity index (χ0v) is 9.91. The van der Waals surface area contributed by atoms with Crippen molar-refractivity contribution >= 4 is 33.1 Å². The van der Waals surface area contributed by atoms with Crippen molar-refractivity contribution in [3.8, 4) is 0 Å². The largest absolute Gasteiger partial charge is 0.392 e. The van der Waals surface area contributed by atoms with Gasteiger partial charge in [0.05, 0.1) is 11.6 Å². The van der Waals surface area contributed by atoms with E-state index in [1.54, 1.807) is 0 Å². The molecule has 0 saturated carbocycles. The van der Waals surface area contributed by atoms with Crippen LogP contribution < -0.4 is 0 Å². The molecule has 0 fully saturated rings. The fraction of sp³-hybridized carbons (Fsp3) is 0.0667. The second kappa shape index (κ2) is 4.02. The zero-order valence-electron chi connectivity index (χ0n) is 9.15. The van der Waals surface area contributed by atoms with Gasteiger partial charge in [0.2, 0.25) is 0 Å². The van der Waals surface area contributed by atoms with Crippen LogP contribution in [-0.4, -0.2) is 5.11 Å². The van der Waals surface area contributed by atoms with Crippen molar-refractivity contribution < 1.29 is 5.11 Å². The van der Waals surface area contributed by atoms with E-state index in [1.807, 2.05) is 42.5 Å². The molecule has 3 aromatic carbocycles. The van der Waals surface area contributed by atoms with Crippen molar-refractivity contribution in [2.24, 2.45) is 0 Å². The fourth-order valence-electron chi connectivity index (χ4n) is 2.24. The first-order valence-electron chi connectivity index (χ1n) is 5.51. The maximum Gasteiger partial charge on any atom is 0.0687 e. The van der Waals surface area contributed by atoms with Gasteiger partial charge in [-0.3, -0.25) is 0 Å². The zero-order chi connectivity index (χ0) is 11.8. The molecule has 1 N–H and O–H groups in total. The molecule has 17 heavy (non-hydrogen) atoms. The van der Waals surface area contributed by atoms with Gasteiger partial charge in [-0.2, -0.15) is 0 Å². The molecule has 0 spiro atoms. The van der Waals surface area contributed by atoms with E-state index in [4.69, 9.17) is 11.6 Å². The molecule has 0 aliphatic rings. The van der Waals surface area contributed by atoms with Gasteiger partial charge < -0.3 is 5.11 Å². The van der Waals surface area contributed by atoms with E-state index in [0.29, 0.717) is 0 Å². The molecule has 2 heteroatoms. The van der Waals surface area contributed by atoms with Crippen molar-refractivity contribution in [1.82, 2.24) is 0 Å². The van der Waals surface area contributed by atoms with Crippen LogP contribution in [0.5, 0.6) is 0 Å². The molecule has 1 nitrogen and oxygen atoms in total. The van der Waals surface area contributed by atoms with Crippen LogP contribution in [0.2, 0.25) is 5.02 Å². The fourth-order valence-corrected chi connectivity index (χ4v) is 2.57. The summed E-state index contributed by atoms with van der Waals surface area (Å²) < 4.78 is 0. The summed E-state index contributed by atoms with van der Waals surface area (Å²) in [6.07, 6.45) is 0. The number of aliphatic hydroxyl groups is 1. The van der Waals surface area contributed by atoms with Crippen LogP contribution in [0.1, 0.15) is 5.56 Å². The van der Waals surface area contributed by atoms with E-state index >= 15 is 0 Å². The summed E-state index contributed by atoms with van der Waals surface area (Å²) in [6, 6.07) is 16.0. The van der Waals surface area contributed by atoms with Crippen LogP contribution in [0.4, 0.5) is 0 Å². The standard InChI is InChI=1S/C15H11ClO/c16-15-12-6-2-1-4-10(12)8-14-11(9-17)5-3-7-13(14)15/h1-8,17H,9H2. The lowest BCUT2D eigenvalue weighted by Crippen LogP contribution is -1.87. The Morgan fingerprint density at radius 1 is 0.882 bits per heavy atom. The summed E-state index contributed by atoms with van der Waals surface area (Å²) in [4.78, 5) is 0. The molecular formula is C15H11ClO. The quantitative estimate of drug-likeness (QED) is 0.636. The van der Waals surface area contributed by atoms with E-state index < -0.39 is 0 Å². The van der Waals surface area contributed by atoms with E-state index in [0.717, 1.165) is 32.1 Å². The van der Waals surface area contributed by atoms with Gasteiger partial charge in [0.1, 0.15) is 0 Å². The minimum atomic E-state index is 0.0337. The van der Waals surface area contributed by atoms with Crippen molar-refractivity contribution in [2.45, 2.75) is 6.61 Å². The number of aliphatic hydroxyl groups excluding tert-OH is 1.